The van der Waals surface area contributed by atoms with E-state index in [0.717, 1.165) is 18.5 Å². The van der Waals surface area contributed by atoms with Gasteiger partial charge in [-0.05, 0) is 54.8 Å². The minimum absolute atomic E-state index is 0.0132. The molecule has 3 heterocycles. The van der Waals surface area contributed by atoms with Crippen molar-refractivity contribution in [2.45, 2.75) is 25.3 Å². The maximum absolute atomic E-state index is 13.9. The van der Waals surface area contributed by atoms with Gasteiger partial charge in [0.15, 0.2) is 11.5 Å². The highest BCUT2D eigenvalue weighted by Crippen LogP contribution is 2.32. The van der Waals surface area contributed by atoms with Crippen LogP contribution in [0, 0.1) is 5.82 Å². The molecule has 0 spiro atoms. The number of oxazole rings is 1. The van der Waals surface area contributed by atoms with Crippen molar-refractivity contribution in [2.75, 3.05) is 6.54 Å². The molecule has 5 nitrogen and oxygen atoms in total. The molecule has 5 rings (SSSR count). The largest absolute Gasteiger partial charge is 0.440 e. The third-order valence-corrected chi connectivity index (χ3v) is 5.52. The number of carbonyl (C=O) groups is 1. The van der Waals surface area contributed by atoms with E-state index in [1.807, 2.05) is 23.1 Å². The Morgan fingerprint density at radius 1 is 1.13 bits per heavy atom. The number of hydrogen-bond donors (Lipinski definition) is 0. The lowest BCUT2D eigenvalue weighted by atomic mass is 10.1. The van der Waals surface area contributed by atoms with E-state index >= 15 is 0 Å². The van der Waals surface area contributed by atoms with Gasteiger partial charge in [0, 0.05) is 18.3 Å². The molecule has 1 fully saturated rings. The fourth-order valence-electron chi connectivity index (χ4n) is 4.04. The standard InChI is InChI=1S/C24H20FN3O2/c25-18-7-2-1-6-16(18)15-23-27-20-11-10-17(14-22(20)30-23)24(29)28-13-5-9-21(28)19-8-3-4-12-26-19/h1-4,6-8,10-12,14,21H,5,9,13,15H2/t21-/m0/s1. The van der Waals surface area contributed by atoms with E-state index in [-0.39, 0.29) is 24.2 Å². The maximum Gasteiger partial charge on any atom is 0.254 e. The molecule has 4 aromatic rings. The summed E-state index contributed by atoms with van der Waals surface area (Å²) in [5.74, 6) is 0.0922. The summed E-state index contributed by atoms with van der Waals surface area (Å²) in [6, 6.07) is 17.6. The summed E-state index contributed by atoms with van der Waals surface area (Å²) in [7, 11) is 0. The van der Waals surface area contributed by atoms with Gasteiger partial charge in [-0.3, -0.25) is 9.78 Å². The van der Waals surface area contributed by atoms with Gasteiger partial charge in [-0.15, -0.1) is 0 Å². The van der Waals surface area contributed by atoms with Crippen LogP contribution in [0.3, 0.4) is 0 Å². The van der Waals surface area contributed by atoms with Crippen molar-refractivity contribution in [1.82, 2.24) is 14.9 Å². The average molecular weight is 401 g/mol. The Bertz CT molecular complexity index is 1210. The number of nitrogens with zero attached hydrogens (tertiary/aromatic N) is 3. The third kappa shape index (κ3) is 3.45. The van der Waals surface area contributed by atoms with Gasteiger partial charge in [0.2, 0.25) is 0 Å². The summed E-state index contributed by atoms with van der Waals surface area (Å²) in [5.41, 5.74) is 3.17. The van der Waals surface area contributed by atoms with Crippen LogP contribution in [0.1, 0.15) is 46.4 Å². The number of hydrogen-bond acceptors (Lipinski definition) is 4. The first-order valence-corrected chi connectivity index (χ1v) is 10.0. The number of pyridine rings is 1. The van der Waals surface area contributed by atoms with Crippen LogP contribution in [0.5, 0.6) is 0 Å². The SMILES string of the molecule is O=C(c1ccc2nc(Cc3ccccc3F)oc2c1)N1CCC[C@H]1c1ccccn1. The summed E-state index contributed by atoms with van der Waals surface area (Å²) in [4.78, 5) is 24.0. The molecule has 1 amide bonds. The fraction of sp³-hybridized carbons (Fsp3) is 0.208. The molecule has 2 aromatic heterocycles. The maximum atomic E-state index is 13.9. The Morgan fingerprint density at radius 3 is 2.83 bits per heavy atom. The molecule has 1 aliphatic rings. The van der Waals surface area contributed by atoms with Gasteiger partial charge in [-0.25, -0.2) is 9.37 Å². The second kappa shape index (κ2) is 7.71. The second-order valence-corrected chi connectivity index (χ2v) is 7.47. The number of likely N-dealkylation sites (tertiary alicyclic amines) is 1. The number of fused-ring (bicyclic) bond motifs is 1. The van der Waals surface area contributed by atoms with Crippen LogP contribution in [0.4, 0.5) is 4.39 Å². The van der Waals surface area contributed by atoms with Gasteiger partial charge in [-0.1, -0.05) is 24.3 Å². The Balaban J connectivity index is 1.41. The highest BCUT2D eigenvalue weighted by molar-refractivity contribution is 5.97. The first kappa shape index (κ1) is 18.5. The zero-order valence-electron chi connectivity index (χ0n) is 16.3. The smallest absolute Gasteiger partial charge is 0.254 e. The summed E-state index contributed by atoms with van der Waals surface area (Å²) >= 11 is 0. The number of benzene rings is 2. The molecule has 0 saturated carbocycles. The molecule has 6 heteroatoms. The van der Waals surface area contributed by atoms with Gasteiger partial charge in [0.25, 0.3) is 5.91 Å². The number of halogens is 1. The Hall–Kier alpha value is -3.54. The van der Waals surface area contributed by atoms with E-state index in [9.17, 15) is 9.18 Å². The Labute approximate surface area is 173 Å². The predicted molar refractivity (Wildman–Crippen MR) is 110 cm³/mol. The molecule has 0 aliphatic carbocycles. The molecule has 30 heavy (non-hydrogen) atoms. The Morgan fingerprint density at radius 2 is 2.00 bits per heavy atom. The van der Waals surface area contributed by atoms with Crippen LogP contribution in [-0.4, -0.2) is 27.3 Å². The number of carbonyl (C=O) groups excluding carboxylic acids is 1. The molecule has 150 valence electrons. The van der Waals surface area contributed by atoms with Crippen LogP contribution in [0.2, 0.25) is 0 Å². The molecule has 0 N–H and O–H groups in total. The van der Waals surface area contributed by atoms with Gasteiger partial charge in [-0.2, -0.15) is 0 Å². The zero-order chi connectivity index (χ0) is 20.5. The molecule has 1 saturated heterocycles. The van der Waals surface area contributed by atoms with Crippen LogP contribution >= 0.6 is 0 Å². The monoisotopic (exact) mass is 401 g/mol. The first-order valence-electron chi connectivity index (χ1n) is 10.0. The number of rotatable bonds is 4. The van der Waals surface area contributed by atoms with Crippen molar-refractivity contribution in [3.63, 3.8) is 0 Å². The van der Waals surface area contributed by atoms with E-state index in [1.165, 1.54) is 6.07 Å². The van der Waals surface area contributed by atoms with Crippen molar-refractivity contribution >= 4 is 17.0 Å². The molecule has 0 bridgehead atoms. The minimum Gasteiger partial charge on any atom is -0.440 e. The molecule has 0 unspecified atom stereocenters. The second-order valence-electron chi connectivity index (χ2n) is 7.47. The van der Waals surface area contributed by atoms with E-state index in [2.05, 4.69) is 9.97 Å². The van der Waals surface area contributed by atoms with Gasteiger partial charge in [0.05, 0.1) is 18.2 Å². The summed E-state index contributed by atoms with van der Waals surface area (Å²) in [5, 5.41) is 0. The van der Waals surface area contributed by atoms with Gasteiger partial charge < -0.3 is 9.32 Å². The van der Waals surface area contributed by atoms with E-state index in [1.54, 1.807) is 42.6 Å². The van der Waals surface area contributed by atoms with Crippen molar-refractivity contribution < 1.29 is 13.6 Å². The van der Waals surface area contributed by atoms with Crippen LogP contribution in [-0.2, 0) is 6.42 Å². The summed E-state index contributed by atoms with van der Waals surface area (Å²) in [6.45, 7) is 0.701. The molecular formula is C24H20FN3O2. The van der Waals surface area contributed by atoms with E-state index in [4.69, 9.17) is 4.42 Å². The number of amides is 1. The first-order chi connectivity index (χ1) is 14.7. The minimum atomic E-state index is -0.287. The highest BCUT2D eigenvalue weighted by Gasteiger charge is 2.31. The Kier molecular flexibility index (Phi) is 4.75. The molecule has 1 aliphatic heterocycles. The van der Waals surface area contributed by atoms with Gasteiger partial charge in [0.1, 0.15) is 11.3 Å². The van der Waals surface area contributed by atoms with E-state index in [0.29, 0.717) is 34.7 Å². The van der Waals surface area contributed by atoms with Gasteiger partial charge >= 0.3 is 0 Å². The fourth-order valence-corrected chi connectivity index (χ4v) is 4.04. The van der Waals surface area contributed by atoms with E-state index < -0.39 is 0 Å². The van der Waals surface area contributed by atoms with Crippen LogP contribution in [0.25, 0.3) is 11.1 Å². The lowest BCUT2D eigenvalue weighted by Gasteiger charge is -2.24. The zero-order valence-corrected chi connectivity index (χ0v) is 16.3. The highest BCUT2D eigenvalue weighted by atomic mass is 19.1. The number of aromatic nitrogens is 2. The summed E-state index contributed by atoms with van der Waals surface area (Å²) in [6.07, 6.45) is 3.87. The molecule has 2 aromatic carbocycles. The van der Waals surface area contributed by atoms with Crippen LogP contribution in [0.15, 0.2) is 71.3 Å². The van der Waals surface area contributed by atoms with Crippen LogP contribution < -0.4 is 0 Å². The summed E-state index contributed by atoms with van der Waals surface area (Å²) < 4.78 is 19.8. The normalized spacial score (nSPS) is 16.3. The molecular weight excluding hydrogens is 381 g/mol. The van der Waals surface area contributed by atoms with Crippen molar-refractivity contribution in [3.8, 4) is 0 Å². The quantitative estimate of drug-likeness (QED) is 0.487. The lowest BCUT2D eigenvalue weighted by molar-refractivity contribution is 0.0733. The van der Waals surface area contributed by atoms with Crippen molar-refractivity contribution in [2.24, 2.45) is 0 Å². The molecule has 1 atom stereocenters. The average Bonchev–Trinajstić information content (AvgIpc) is 3.41. The third-order valence-electron chi connectivity index (χ3n) is 5.52. The van der Waals surface area contributed by atoms with Crippen molar-refractivity contribution in [1.29, 1.82) is 0 Å². The topological polar surface area (TPSA) is 59.2 Å². The van der Waals surface area contributed by atoms with Crippen molar-refractivity contribution in [3.05, 3.63) is 95.4 Å². The molecule has 0 radical (unpaired) electrons. The predicted octanol–water partition coefficient (Wildman–Crippen LogP) is 4.93. The lowest BCUT2D eigenvalue weighted by Crippen LogP contribution is -2.30.